The molecule has 0 spiro atoms. The van der Waals surface area contributed by atoms with Crippen molar-refractivity contribution in [2.45, 2.75) is 38.3 Å². The number of amides is 1. The number of hydrogen-bond donors (Lipinski definition) is 1. The zero-order chi connectivity index (χ0) is 18.6. The van der Waals surface area contributed by atoms with E-state index in [1.807, 2.05) is 12.1 Å². The maximum atomic E-state index is 12.6. The summed E-state index contributed by atoms with van der Waals surface area (Å²) >= 11 is 0. The van der Waals surface area contributed by atoms with E-state index in [4.69, 9.17) is 19.9 Å². The number of methoxy groups -OCH3 is 3. The van der Waals surface area contributed by atoms with Crippen LogP contribution in [-0.2, 0) is 20.7 Å². The normalized spacial score (nSPS) is 16.8. The highest BCUT2D eigenvalue weighted by atomic mass is 35.5. The topological polar surface area (TPSA) is 91.1 Å². The Bertz CT molecular complexity index is 651. The number of ether oxygens (including phenoxy) is 3. The molecule has 2 N–H and O–H groups in total. The van der Waals surface area contributed by atoms with Crippen LogP contribution in [0.1, 0.15) is 36.9 Å². The molecule has 2 unspecified atom stereocenters. The summed E-state index contributed by atoms with van der Waals surface area (Å²) in [6.45, 7) is 2.31. The number of hydrogen-bond acceptors (Lipinski definition) is 6. The van der Waals surface area contributed by atoms with Crippen molar-refractivity contribution in [2.75, 3.05) is 27.9 Å². The van der Waals surface area contributed by atoms with E-state index in [2.05, 4.69) is 0 Å². The average molecular weight is 387 g/mol. The average Bonchev–Trinajstić information content (AvgIpc) is 2.59. The molecule has 0 saturated carbocycles. The Kier molecular flexibility index (Phi) is 8.17. The molecule has 0 aliphatic carbocycles. The van der Waals surface area contributed by atoms with Gasteiger partial charge in [0, 0.05) is 19.0 Å². The lowest BCUT2D eigenvalue weighted by Crippen LogP contribution is -2.42. The first-order chi connectivity index (χ1) is 11.9. The molecule has 146 valence electrons. The van der Waals surface area contributed by atoms with Crippen molar-refractivity contribution in [1.29, 1.82) is 0 Å². The van der Waals surface area contributed by atoms with Crippen molar-refractivity contribution in [3.05, 3.63) is 23.3 Å². The van der Waals surface area contributed by atoms with Crippen LogP contribution >= 0.6 is 12.4 Å². The minimum absolute atomic E-state index is 0. The van der Waals surface area contributed by atoms with Crippen LogP contribution in [0.2, 0.25) is 0 Å². The van der Waals surface area contributed by atoms with Gasteiger partial charge in [-0.2, -0.15) is 0 Å². The molecule has 1 amide bonds. The van der Waals surface area contributed by atoms with Gasteiger partial charge in [0.15, 0.2) is 11.5 Å². The van der Waals surface area contributed by atoms with Crippen LogP contribution in [0.4, 0.5) is 0 Å². The molecular formula is C18H27ClN2O5. The fourth-order valence-electron chi connectivity index (χ4n) is 3.18. The SMILES string of the molecule is COC(=O)CC1c2cc(OC)c(OC)cc2CCN1C(=O)CC(C)N.Cl. The lowest BCUT2D eigenvalue weighted by Gasteiger charge is -2.37. The third-order valence-electron chi connectivity index (χ3n) is 4.41. The summed E-state index contributed by atoms with van der Waals surface area (Å²) in [7, 11) is 4.48. The molecule has 1 aliphatic rings. The van der Waals surface area contributed by atoms with Crippen LogP contribution in [-0.4, -0.2) is 50.7 Å². The van der Waals surface area contributed by atoms with Gasteiger partial charge in [0.25, 0.3) is 0 Å². The number of rotatable bonds is 6. The van der Waals surface area contributed by atoms with Crippen molar-refractivity contribution in [3.63, 3.8) is 0 Å². The van der Waals surface area contributed by atoms with Gasteiger partial charge >= 0.3 is 5.97 Å². The maximum absolute atomic E-state index is 12.6. The zero-order valence-electron chi connectivity index (χ0n) is 15.6. The number of esters is 1. The van der Waals surface area contributed by atoms with Gasteiger partial charge in [-0.05, 0) is 36.6 Å². The Balaban J connectivity index is 0.00000338. The quantitative estimate of drug-likeness (QED) is 0.750. The largest absolute Gasteiger partial charge is 0.493 e. The third-order valence-corrected chi connectivity index (χ3v) is 4.41. The monoisotopic (exact) mass is 386 g/mol. The molecule has 1 heterocycles. The molecule has 7 nitrogen and oxygen atoms in total. The molecule has 26 heavy (non-hydrogen) atoms. The van der Waals surface area contributed by atoms with E-state index in [9.17, 15) is 9.59 Å². The van der Waals surface area contributed by atoms with E-state index < -0.39 is 6.04 Å². The molecule has 2 atom stereocenters. The molecule has 1 aliphatic heterocycles. The van der Waals surface area contributed by atoms with Crippen LogP contribution in [0.15, 0.2) is 12.1 Å². The molecule has 8 heteroatoms. The molecule has 2 rings (SSSR count). The van der Waals surface area contributed by atoms with Crippen molar-refractivity contribution in [1.82, 2.24) is 4.90 Å². The first-order valence-electron chi connectivity index (χ1n) is 8.27. The summed E-state index contributed by atoms with van der Waals surface area (Å²) in [6, 6.07) is 3.11. The summed E-state index contributed by atoms with van der Waals surface area (Å²) in [6.07, 6.45) is 1.00. The van der Waals surface area contributed by atoms with Gasteiger partial charge in [0.05, 0.1) is 33.8 Å². The van der Waals surface area contributed by atoms with Gasteiger partial charge < -0.3 is 24.8 Å². The number of fused-ring (bicyclic) bond motifs is 1. The summed E-state index contributed by atoms with van der Waals surface area (Å²) in [5, 5.41) is 0. The fraction of sp³-hybridized carbons (Fsp3) is 0.556. The van der Waals surface area contributed by atoms with Crippen molar-refractivity contribution in [2.24, 2.45) is 5.73 Å². The minimum Gasteiger partial charge on any atom is -0.493 e. The number of carbonyl (C=O) groups excluding carboxylic acids is 2. The van der Waals surface area contributed by atoms with E-state index in [0.717, 1.165) is 11.1 Å². The Hall–Kier alpha value is -1.99. The van der Waals surface area contributed by atoms with E-state index in [-0.39, 0.29) is 43.2 Å². The van der Waals surface area contributed by atoms with Crippen molar-refractivity contribution >= 4 is 24.3 Å². The third kappa shape index (κ3) is 4.80. The second-order valence-corrected chi connectivity index (χ2v) is 6.22. The van der Waals surface area contributed by atoms with E-state index in [1.54, 1.807) is 26.0 Å². The fourth-order valence-corrected chi connectivity index (χ4v) is 3.18. The number of benzene rings is 1. The minimum atomic E-state index is -0.401. The van der Waals surface area contributed by atoms with Crippen LogP contribution in [0.3, 0.4) is 0 Å². The number of nitrogens with two attached hydrogens (primary N) is 1. The van der Waals surface area contributed by atoms with Crippen LogP contribution < -0.4 is 15.2 Å². The number of carbonyl (C=O) groups is 2. The Morgan fingerprint density at radius 1 is 1.23 bits per heavy atom. The second kappa shape index (κ2) is 9.64. The van der Waals surface area contributed by atoms with E-state index in [1.165, 1.54) is 7.11 Å². The summed E-state index contributed by atoms with van der Waals surface area (Å²) in [5.74, 6) is 0.765. The number of halogens is 1. The molecule has 0 bridgehead atoms. The van der Waals surface area contributed by atoms with Gasteiger partial charge in [-0.25, -0.2) is 0 Å². The Morgan fingerprint density at radius 3 is 2.38 bits per heavy atom. The molecule has 1 aromatic rings. The van der Waals surface area contributed by atoms with Crippen LogP contribution in [0.25, 0.3) is 0 Å². The smallest absolute Gasteiger partial charge is 0.307 e. The Morgan fingerprint density at radius 2 is 1.85 bits per heavy atom. The highest BCUT2D eigenvalue weighted by Gasteiger charge is 2.34. The van der Waals surface area contributed by atoms with Crippen molar-refractivity contribution < 1.29 is 23.8 Å². The predicted octanol–water partition coefficient (Wildman–Crippen LogP) is 1.85. The summed E-state index contributed by atoms with van der Waals surface area (Å²) in [5.41, 5.74) is 7.70. The first-order valence-corrected chi connectivity index (χ1v) is 8.27. The van der Waals surface area contributed by atoms with Gasteiger partial charge in [0.1, 0.15) is 0 Å². The lowest BCUT2D eigenvalue weighted by molar-refractivity contribution is -0.144. The van der Waals surface area contributed by atoms with E-state index in [0.29, 0.717) is 24.5 Å². The van der Waals surface area contributed by atoms with Crippen molar-refractivity contribution in [3.8, 4) is 11.5 Å². The highest BCUT2D eigenvalue weighted by molar-refractivity contribution is 5.85. The first kappa shape index (κ1) is 22.1. The van der Waals surface area contributed by atoms with Gasteiger partial charge in [-0.3, -0.25) is 9.59 Å². The van der Waals surface area contributed by atoms with Gasteiger partial charge in [-0.15, -0.1) is 12.4 Å². The molecular weight excluding hydrogens is 360 g/mol. The lowest BCUT2D eigenvalue weighted by atomic mass is 9.89. The second-order valence-electron chi connectivity index (χ2n) is 6.22. The summed E-state index contributed by atoms with van der Waals surface area (Å²) in [4.78, 5) is 26.2. The van der Waals surface area contributed by atoms with Crippen LogP contribution in [0.5, 0.6) is 11.5 Å². The molecule has 0 radical (unpaired) electrons. The van der Waals surface area contributed by atoms with Gasteiger partial charge in [0.2, 0.25) is 5.91 Å². The maximum Gasteiger partial charge on any atom is 0.307 e. The standard InChI is InChI=1S/C18H26N2O5.ClH/c1-11(19)7-17(21)20-6-5-12-8-15(23-2)16(24-3)9-13(12)14(20)10-18(22)25-4;/h8-9,11,14H,5-7,10,19H2,1-4H3;1H. The van der Waals surface area contributed by atoms with E-state index >= 15 is 0 Å². The number of nitrogens with zero attached hydrogens (tertiary/aromatic N) is 1. The molecule has 0 aromatic heterocycles. The predicted molar refractivity (Wildman–Crippen MR) is 99.9 cm³/mol. The molecule has 1 aromatic carbocycles. The van der Waals surface area contributed by atoms with Gasteiger partial charge in [-0.1, -0.05) is 0 Å². The van der Waals surface area contributed by atoms with Crippen LogP contribution in [0, 0.1) is 0 Å². The zero-order valence-corrected chi connectivity index (χ0v) is 16.4. The molecule has 0 saturated heterocycles. The Labute approximate surface area is 160 Å². The molecule has 0 fully saturated rings. The highest BCUT2D eigenvalue weighted by Crippen LogP contribution is 2.39. The summed E-state index contributed by atoms with van der Waals surface area (Å²) < 4.78 is 15.6.